The first-order valence-electron chi connectivity index (χ1n) is 7.93. The Hall–Kier alpha value is -2.98. The minimum atomic E-state index is -1.30. The van der Waals surface area contributed by atoms with E-state index in [1.165, 1.54) is 16.8 Å². The molecule has 0 bridgehead atoms. The first-order chi connectivity index (χ1) is 12.4. The van der Waals surface area contributed by atoms with Crippen LogP contribution >= 0.6 is 0 Å². The molecule has 1 saturated heterocycles. The first kappa shape index (κ1) is 17.8. The molecule has 0 spiro atoms. The van der Waals surface area contributed by atoms with E-state index in [2.05, 4.69) is 9.82 Å². The second kappa shape index (κ2) is 7.10. The zero-order chi connectivity index (χ0) is 18.7. The van der Waals surface area contributed by atoms with E-state index in [0.717, 1.165) is 5.56 Å². The molecule has 1 aromatic heterocycles. The molecule has 0 aliphatic carbocycles. The third-order valence-corrected chi connectivity index (χ3v) is 4.29. The van der Waals surface area contributed by atoms with Gasteiger partial charge in [-0.1, -0.05) is 30.3 Å². The summed E-state index contributed by atoms with van der Waals surface area (Å²) in [6, 6.07) is 10.6. The number of aliphatic hydroxyl groups excluding tert-OH is 1. The van der Waals surface area contributed by atoms with Gasteiger partial charge < -0.3 is 20.4 Å². The number of aromatic nitrogens is 2. The van der Waals surface area contributed by atoms with Crippen molar-refractivity contribution in [3.8, 4) is 0 Å². The second-order valence-electron chi connectivity index (χ2n) is 6.02. The molecule has 0 amide bonds. The van der Waals surface area contributed by atoms with E-state index in [1.54, 1.807) is 0 Å². The van der Waals surface area contributed by atoms with Gasteiger partial charge in [0.1, 0.15) is 18.0 Å². The maximum absolute atomic E-state index is 12.4. The standard InChI is InChI=1S/C16H18N4O6/c17-14-6-7-19(15(22)18-14)16(8-11-4-2-1-3-5-11)9-12(26-20(23)24)13(10-21)25-16/h1-7,12-13,21H,8-10H2,(H2,17,18,22)/t12-,13+,16+/m0/s1. The molecule has 0 saturated carbocycles. The highest BCUT2D eigenvalue weighted by Crippen LogP contribution is 2.38. The summed E-state index contributed by atoms with van der Waals surface area (Å²) in [5, 5.41) is 19.4. The van der Waals surface area contributed by atoms with Gasteiger partial charge in [-0.15, -0.1) is 10.1 Å². The Labute approximate surface area is 147 Å². The quantitative estimate of drug-likeness (QED) is 0.543. The van der Waals surface area contributed by atoms with Crippen molar-refractivity contribution < 1.29 is 19.8 Å². The number of hydrogen-bond acceptors (Lipinski definition) is 8. The molecule has 1 aliphatic heterocycles. The number of aliphatic hydroxyl groups is 1. The van der Waals surface area contributed by atoms with E-state index in [9.17, 15) is 20.0 Å². The average Bonchev–Trinajstić information content (AvgIpc) is 2.93. The fraction of sp³-hybridized carbons (Fsp3) is 0.375. The van der Waals surface area contributed by atoms with Gasteiger partial charge in [0.2, 0.25) is 0 Å². The molecule has 3 N–H and O–H groups in total. The number of rotatable bonds is 6. The van der Waals surface area contributed by atoms with E-state index in [0.29, 0.717) is 0 Å². The van der Waals surface area contributed by atoms with Gasteiger partial charge in [-0.05, 0) is 11.6 Å². The van der Waals surface area contributed by atoms with Crippen molar-refractivity contribution in [2.45, 2.75) is 30.8 Å². The summed E-state index contributed by atoms with van der Waals surface area (Å²) in [6.07, 6.45) is -0.347. The number of ether oxygens (including phenoxy) is 1. The van der Waals surface area contributed by atoms with Crippen LogP contribution in [0.5, 0.6) is 0 Å². The van der Waals surface area contributed by atoms with Crippen molar-refractivity contribution in [3.05, 3.63) is 68.8 Å². The highest BCUT2D eigenvalue weighted by Gasteiger charge is 2.50. The maximum Gasteiger partial charge on any atom is 0.351 e. The highest BCUT2D eigenvalue weighted by atomic mass is 17.0. The minimum Gasteiger partial charge on any atom is -0.394 e. The predicted molar refractivity (Wildman–Crippen MR) is 89.5 cm³/mol. The molecule has 3 rings (SSSR count). The molecule has 26 heavy (non-hydrogen) atoms. The van der Waals surface area contributed by atoms with Gasteiger partial charge in [-0.2, -0.15) is 4.98 Å². The summed E-state index contributed by atoms with van der Waals surface area (Å²) >= 11 is 0. The molecule has 2 heterocycles. The summed E-state index contributed by atoms with van der Waals surface area (Å²) < 4.78 is 7.16. The SMILES string of the molecule is Nc1ccn([C@@]2(Cc3ccccc3)C[C@H](O[N+](=O)[O-])[C@@H](CO)O2)c(=O)n1. The van der Waals surface area contributed by atoms with E-state index in [-0.39, 0.29) is 18.7 Å². The van der Waals surface area contributed by atoms with E-state index in [1.807, 2.05) is 30.3 Å². The Kier molecular flexibility index (Phi) is 4.87. The van der Waals surface area contributed by atoms with Crippen LogP contribution in [0.1, 0.15) is 12.0 Å². The van der Waals surface area contributed by atoms with Gasteiger partial charge in [-0.25, -0.2) is 4.79 Å². The molecule has 10 nitrogen and oxygen atoms in total. The predicted octanol–water partition coefficient (Wildman–Crippen LogP) is 0.0791. The van der Waals surface area contributed by atoms with E-state index < -0.39 is 35.3 Å². The molecule has 3 atom stereocenters. The lowest BCUT2D eigenvalue weighted by molar-refractivity contribution is -0.769. The van der Waals surface area contributed by atoms with Crippen LogP contribution in [0.25, 0.3) is 0 Å². The van der Waals surface area contributed by atoms with Crippen LogP contribution in [0.2, 0.25) is 0 Å². The number of hydrogen-bond donors (Lipinski definition) is 2. The third-order valence-electron chi connectivity index (χ3n) is 4.29. The second-order valence-corrected chi connectivity index (χ2v) is 6.02. The van der Waals surface area contributed by atoms with Crippen molar-refractivity contribution in [1.29, 1.82) is 0 Å². The molecule has 0 radical (unpaired) electrons. The number of nitrogens with zero attached hydrogens (tertiary/aromatic N) is 3. The fourth-order valence-electron chi connectivity index (χ4n) is 3.22. The van der Waals surface area contributed by atoms with Crippen LogP contribution in [0.4, 0.5) is 5.82 Å². The molecule has 1 aromatic carbocycles. The van der Waals surface area contributed by atoms with Crippen molar-refractivity contribution in [3.63, 3.8) is 0 Å². The van der Waals surface area contributed by atoms with Gasteiger partial charge in [-0.3, -0.25) is 4.57 Å². The van der Waals surface area contributed by atoms with Crippen molar-refractivity contribution in [2.75, 3.05) is 12.3 Å². The van der Waals surface area contributed by atoms with E-state index in [4.69, 9.17) is 10.5 Å². The summed E-state index contributed by atoms with van der Waals surface area (Å²) in [5.74, 6) is 0.0518. The van der Waals surface area contributed by atoms with Crippen molar-refractivity contribution >= 4 is 5.82 Å². The average molecular weight is 362 g/mol. The molecular weight excluding hydrogens is 344 g/mol. The highest BCUT2D eigenvalue weighted by molar-refractivity contribution is 5.24. The lowest BCUT2D eigenvalue weighted by Crippen LogP contribution is -2.44. The van der Waals surface area contributed by atoms with Crippen LogP contribution in [0, 0.1) is 10.1 Å². The van der Waals surface area contributed by atoms with Crippen LogP contribution in [0.3, 0.4) is 0 Å². The molecule has 1 aliphatic rings. The molecular formula is C16H18N4O6. The molecule has 138 valence electrons. The Bertz CT molecular complexity index is 842. The van der Waals surface area contributed by atoms with Gasteiger partial charge in [0.25, 0.3) is 5.09 Å². The van der Waals surface area contributed by atoms with Gasteiger partial charge in [0, 0.05) is 19.0 Å². The van der Waals surface area contributed by atoms with E-state index >= 15 is 0 Å². The summed E-state index contributed by atoms with van der Waals surface area (Å²) in [7, 11) is 0. The largest absolute Gasteiger partial charge is 0.394 e. The minimum absolute atomic E-state index is 0.0143. The Morgan fingerprint density at radius 2 is 2.15 bits per heavy atom. The molecule has 2 aromatic rings. The summed E-state index contributed by atoms with van der Waals surface area (Å²) in [4.78, 5) is 31.6. The topological polar surface area (TPSA) is 143 Å². The van der Waals surface area contributed by atoms with Crippen molar-refractivity contribution in [1.82, 2.24) is 9.55 Å². The van der Waals surface area contributed by atoms with Crippen LogP contribution in [-0.2, 0) is 21.7 Å². The molecule has 1 fully saturated rings. The summed E-state index contributed by atoms with van der Waals surface area (Å²) in [5.41, 5.74) is 4.44. The molecule has 0 unspecified atom stereocenters. The fourth-order valence-corrected chi connectivity index (χ4v) is 3.22. The van der Waals surface area contributed by atoms with Crippen LogP contribution < -0.4 is 11.4 Å². The monoisotopic (exact) mass is 362 g/mol. The number of anilines is 1. The number of nitrogens with two attached hydrogens (primary N) is 1. The third kappa shape index (κ3) is 3.51. The maximum atomic E-state index is 12.4. The Morgan fingerprint density at radius 3 is 2.77 bits per heavy atom. The Balaban J connectivity index is 2.05. The smallest absolute Gasteiger partial charge is 0.351 e. The van der Waals surface area contributed by atoms with Gasteiger partial charge in [0.05, 0.1) is 6.61 Å². The van der Waals surface area contributed by atoms with Crippen LogP contribution in [-0.4, -0.2) is 38.6 Å². The number of benzene rings is 1. The number of nitrogen functional groups attached to an aromatic ring is 1. The molecule has 10 heteroatoms. The lowest BCUT2D eigenvalue weighted by Gasteiger charge is -2.31. The lowest BCUT2D eigenvalue weighted by atomic mass is 9.97. The van der Waals surface area contributed by atoms with Gasteiger partial charge in [0.15, 0.2) is 5.72 Å². The van der Waals surface area contributed by atoms with Crippen molar-refractivity contribution in [2.24, 2.45) is 0 Å². The zero-order valence-corrected chi connectivity index (χ0v) is 13.7. The van der Waals surface area contributed by atoms with Crippen LogP contribution in [0.15, 0.2) is 47.4 Å². The van der Waals surface area contributed by atoms with Gasteiger partial charge >= 0.3 is 5.69 Å². The summed E-state index contributed by atoms with van der Waals surface area (Å²) in [6.45, 7) is -0.494. The zero-order valence-electron chi connectivity index (χ0n) is 13.7. The first-order valence-corrected chi connectivity index (χ1v) is 7.93. The Morgan fingerprint density at radius 1 is 1.42 bits per heavy atom. The normalized spacial score (nSPS) is 25.1.